The minimum absolute atomic E-state index is 0.199. The second-order valence-corrected chi connectivity index (χ2v) is 10.2. The first kappa shape index (κ1) is 27.2. The molecule has 2 N–H and O–H groups in total. The van der Waals surface area contributed by atoms with E-state index in [1.54, 1.807) is 55.5 Å². The van der Waals surface area contributed by atoms with Gasteiger partial charge < -0.3 is 14.8 Å². The smallest absolute Gasteiger partial charge is 0.343 e. The van der Waals surface area contributed by atoms with Gasteiger partial charge in [0.05, 0.1) is 23.9 Å². The minimum atomic E-state index is -1.03. The van der Waals surface area contributed by atoms with Gasteiger partial charge in [-0.05, 0) is 68.5 Å². The Kier molecular flexibility index (Phi) is 9.03. The molecule has 0 aliphatic heterocycles. The molecule has 4 rings (SSSR count). The third kappa shape index (κ3) is 6.53. The molecule has 9 nitrogen and oxygen atoms in total. The van der Waals surface area contributed by atoms with Crippen LogP contribution in [0.4, 0.5) is 5.00 Å². The van der Waals surface area contributed by atoms with Gasteiger partial charge in [0.25, 0.3) is 0 Å². The molecule has 196 valence electrons. The van der Waals surface area contributed by atoms with E-state index in [2.05, 4.69) is 31.8 Å². The Morgan fingerprint density at radius 1 is 1.03 bits per heavy atom. The molecule has 1 heterocycles. The van der Waals surface area contributed by atoms with Gasteiger partial charge in [-0.15, -0.1) is 11.3 Å². The molecule has 2 amide bonds. The number of rotatable bonds is 7. The Labute approximate surface area is 231 Å². The van der Waals surface area contributed by atoms with Gasteiger partial charge in [-0.2, -0.15) is 5.10 Å². The highest BCUT2D eigenvalue weighted by Gasteiger charge is 2.28. The van der Waals surface area contributed by atoms with Gasteiger partial charge in [0.15, 0.2) is 0 Å². The third-order valence-electron chi connectivity index (χ3n) is 5.64. The largest absolute Gasteiger partial charge is 0.462 e. The number of aryl methyl sites for hydroxylation is 1. The van der Waals surface area contributed by atoms with E-state index in [0.29, 0.717) is 26.2 Å². The van der Waals surface area contributed by atoms with Crippen LogP contribution in [0.2, 0.25) is 0 Å². The van der Waals surface area contributed by atoms with Crippen LogP contribution >= 0.6 is 27.3 Å². The lowest BCUT2D eigenvalue weighted by Gasteiger charge is -2.12. The molecule has 1 aliphatic carbocycles. The number of benzene rings is 2. The quantitative estimate of drug-likeness (QED) is 0.132. The maximum absolute atomic E-state index is 12.6. The zero-order valence-electron chi connectivity index (χ0n) is 20.4. The normalized spacial score (nSPS) is 12.5. The maximum atomic E-state index is 12.6. The molecule has 3 aromatic rings. The van der Waals surface area contributed by atoms with Crippen LogP contribution in [0.1, 0.15) is 56.5 Å². The van der Waals surface area contributed by atoms with E-state index < -0.39 is 23.8 Å². The van der Waals surface area contributed by atoms with Crippen LogP contribution in [0.15, 0.2) is 58.1 Å². The molecule has 1 aliphatic rings. The van der Waals surface area contributed by atoms with Crippen LogP contribution in [-0.2, 0) is 27.2 Å². The van der Waals surface area contributed by atoms with Crippen LogP contribution in [-0.4, -0.2) is 36.6 Å². The Balaban J connectivity index is 1.44. The lowest BCUT2D eigenvalue weighted by Crippen LogP contribution is -2.32. The molecule has 0 spiro atoms. The van der Waals surface area contributed by atoms with Crippen LogP contribution < -0.4 is 15.5 Å². The molecular formula is C27H24BrN3O6S. The fourth-order valence-corrected chi connectivity index (χ4v) is 5.54. The molecule has 0 fully saturated rings. The SMILES string of the molecule is CCOC(=O)c1c(NC(=O)C(=O)N/N=C\c2cc(Br)ccc2OC(=O)c2ccccc2)sc2c1CCCC2. The summed E-state index contributed by atoms with van der Waals surface area (Å²) in [5.74, 6) is -2.86. The van der Waals surface area contributed by atoms with E-state index in [-0.39, 0.29) is 12.4 Å². The number of esters is 2. The zero-order valence-corrected chi connectivity index (χ0v) is 22.8. The Morgan fingerprint density at radius 2 is 1.79 bits per heavy atom. The first-order valence-electron chi connectivity index (χ1n) is 11.9. The maximum Gasteiger partial charge on any atom is 0.343 e. The number of hydrogen-bond donors (Lipinski definition) is 2. The number of anilines is 1. The number of carbonyl (C=O) groups is 4. The second kappa shape index (κ2) is 12.6. The van der Waals surface area contributed by atoms with Gasteiger partial charge >= 0.3 is 23.8 Å². The highest BCUT2D eigenvalue weighted by Crippen LogP contribution is 2.38. The number of fused-ring (bicyclic) bond motifs is 1. The molecule has 0 saturated heterocycles. The highest BCUT2D eigenvalue weighted by atomic mass is 79.9. The zero-order chi connectivity index (χ0) is 27.1. The summed E-state index contributed by atoms with van der Waals surface area (Å²) in [6.45, 7) is 1.91. The fourth-order valence-electron chi connectivity index (χ4n) is 3.89. The van der Waals surface area contributed by atoms with Crippen LogP contribution in [0.5, 0.6) is 5.75 Å². The van der Waals surface area contributed by atoms with Gasteiger partial charge in [-0.1, -0.05) is 34.1 Å². The lowest BCUT2D eigenvalue weighted by atomic mass is 9.95. The summed E-state index contributed by atoms with van der Waals surface area (Å²) in [6, 6.07) is 13.4. The molecule has 0 unspecified atom stereocenters. The van der Waals surface area contributed by atoms with Crippen molar-refractivity contribution in [3.63, 3.8) is 0 Å². The second-order valence-electron chi connectivity index (χ2n) is 8.23. The Morgan fingerprint density at radius 3 is 2.55 bits per heavy atom. The van der Waals surface area contributed by atoms with Crippen molar-refractivity contribution < 1.29 is 28.7 Å². The average Bonchev–Trinajstić information content (AvgIpc) is 3.28. The topological polar surface area (TPSA) is 123 Å². The predicted molar refractivity (Wildman–Crippen MR) is 147 cm³/mol. The summed E-state index contributed by atoms with van der Waals surface area (Å²) < 4.78 is 11.3. The van der Waals surface area contributed by atoms with Crippen molar-refractivity contribution in [3.8, 4) is 5.75 Å². The molecule has 38 heavy (non-hydrogen) atoms. The molecule has 0 bridgehead atoms. The van der Waals surface area contributed by atoms with E-state index in [9.17, 15) is 19.2 Å². The number of hydrazone groups is 1. The van der Waals surface area contributed by atoms with Gasteiger partial charge in [0.1, 0.15) is 10.8 Å². The van der Waals surface area contributed by atoms with Gasteiger partial charge in [0, 0.05) is 14.9 Å². The summed E-state index contributed by atoms with van der Waals surface area (Å²) in [5.41, 5.74) is 4.12. The number of carbonyl (C=O) groups excluding carboxylic acids is 4. The number of nitrogens with zero attached hydrogens (tertiary/aromatic N) is 1. The van der Waals surface area contributed by atoms with E-state index in [4.69, 9.17) is 9.47 Å². The number of thiophene rings is 1. The van der Waals surface area contributed by atoms with E-state index >= 15 is 0 Å². The van der Waals surface area contributed by atoms with E-state index in [1.807, 2.05) is 0 Å². The fraction of sp³-hybridized carbons (Fsp3) is 0.222. The van der Waals surface area contributed by atoms with Crippen molar-refractivity contribution in [1.29, 1.82) is 0 Å². The molecule has 1 aromatic heterocycles. The van der Waals surface area contributed by atoms with Crippen molar-refractivity contribution in [1.82, 2.24) is 5.43 Å². The number of halogens is 1. The average molecular weight is 598 g/mol. The molecule has 11 heteroatoms. The van der Waals surface area contributed by atoms with Gasteiger partial charge in [-0.3, -0.25) is 9.59 Å². The molecule has 0 atom stereocenters. The van der Waals surface area contributed by atoms with E-state index in [0.717, 1.165) is 36.1 Å². The predicted octanol–water partition coefficient (Wildman–Crippen LogP) is 4.87. The van der Waals surface area contributed by atoms with E-state index in [1.165, 1.54) is 17.6 Å². The molecule has 0 radical (unpaired) electrons. The Hall–Kier alpha value is -3.83. The van der Waals surface area contributed by atoms with Crippen molar-refractivity contribution in [3.05, 3.63) is 80.1 Å². The van der Waals surface area contributed by atoms with Crippen molar-refractivity contribution >= 4 is 62.2 Å². The van der Waals surface area contributed by atoms with Crippen LogP contribution in [0.25, 0.3) is 0 Å². The highest BCUT2D eigenvalue weighted by molar-refractivity contribution is 9.10. The van der Waals surface area contributed by atoms with Crippen LogP contribution in [0.3, 0.4) is 0 Å². The summed E-state index contributed by atoms with van der Waals surface area (Å²) in [5, 5.41) is 6.68. The number of hydrogen-bond acceptors (Lipinski definition) is 8. The molecular weight excluding hydrogens is 574 g/mol. The van der Waals surface area contributed by atoms with Crippen molar-refractivity contribution in [2.24, 2.45) is 5.10 Å². The van der Waals surface area contributed by atoms with Gasteiger partial charge in [0.2, 0.25) is 0 Å². The number of nitrogens with one attached hydrogen (secondary N) is 2. The summed E-state index contributed by atoms with van der Waals surface area (Å²) in [4.78, 5) is 51.1. The van der Waals surface area contributed by atoms with Crippen LogP contribution in [0, 0.1) is 0 Å². The first-order valence-corrected chi connectivity index (χ1v) is 13.5. The lowest BCUT2D eigenvalue weighted by molar-refractivity contribution is -0.136. The molecule has 2 aromatic carbocycles. The Bertz CT molecular complexity index is 1400. The summed E-state index contributed by atoms with van der Waals surface area (Å²) in [7, 11) is 0. The first-order chi connectivity index (χ1) is 18.4. The standard InChI is InChI=1S/C27H24BrN3O6S/c1-2-36-27(35)22-19-10-6-7-11-21(19)38-25(22)30-23(32)24(33)31-29-15-17-14-18(28)12-13-20(17)37-26(34)16-8-4-3-5-9-16/h3-5,8-9,12-15H,2,6-7,10-11H2,1H3,(H,30,32)(H,31,33)/b29-15-. The van der Waals surface area contributed by atoms with Gasteiger partial charge in [-0.25, -0.2) is 15.0 Å². The minimum Gasteiger partial charge on any atom is -0.462 e. The number of amides is 2. The van der Waals surface area contributed by atoms with Crippen molar-refractivity contribution in [2.75, 3.05) is 11.9 Å². The van der Waals surface area contributed by atoms with Crippen molar-refractivity contribution in [2.45, 2.75) is 32.6 Å². The number of ether oxygens (including phenoxy) is 2. The summed E-state index contributed by atoms with van der Waals surface area (Å²) >= 11 is 4.64. The monoisotopic (exact) mass is 597 g/mol. The third-order valence-corrected chi connectivity index (χ3v) is 7.34. The molecule has 0 saturated carbocycles. The summed E-state index contributed by atoms with van der Waals surface area (Å²) in [6.07, 6.45) is 4.73.